The molecule has 0 aliphatic rings. The molecule has 31 heavy (non-hydrogen) atoms. The second kappa shape index (κ2) is 12.3. The minimum atomic E-state index is -0.621. The highest BCUT2D eigenvalue weighted by Gasteiger charge is 2.29. The van der Waals surface area contributed by atoms with Gasteiger partial charge in [-0.2, -0.15) is 0 Å². The van der Waals surface area contributed by atoms with Gasteiger partial charge >= 0.3 is 0 Å². The highest BCUT2D eigenvalue weighted by molar-refractivity contribution is 6.36. The summed E-state index contributed by atoms with van der Waals surface area (Å²) in [6, 6.07) is 12.0. The Morgan fingerprint density at radius 3 is 2.16 bits per heavy atom. The van der Waals surface area contributed by atoms with Crippen molar-refractivity contribution in [2.24, 2.45) is 5.92 Å². The topological polar surface area (TPSA) is 49.4 Å². The normalized spacial score (nSPS) is 12.0. The Morgan fingerprint density at radius 2 is 1.58 bits per heavy atom. The van der Waals surface area contributed by atoms with E-state index in [0.717, 1.165) is 5.56 Å². The van der Waals surface area contributed by atoms with Gasteiger partial charge in [0.05, 0.1) is 0 Å². The van der Waals surface area contributed by atoms with Crippen molar-refractivity contribution in [3.63, 3.8) is 0 Å². The van der Waals surface area contributed by atoms with E-state index in [1.807, 2.05) is 39.0 Å². The minimum Gasteiger partial charge on any atom is -0.354 e. The molecular weight excluding hydrogens is 455 g/mol. The molecule has 168 valence electrons. The summed E-state index contributed by atoms with van der Waals surface area (Å²) in [6.07, 6.45) is 1.18. The summed E-state index contributed by atoms with van der Waals surface area (Å²) in [4.78, 5) is 27.8. The van der Waals surface area contributed by atoms with Gasteiger partial charge in [0, 0.05) is 40.1 Å². The number of carbonyl (C=O) groups is 2. The third-order valence-corrected chi connectivity index (χ3v) is 6.10. The predicted molar refractivity (Wildman–Crippen MR) is 129 cm³/mol. The fourth-order valence-corrected chi connectivity index (χ4v) is 4.03. The van der Waals surface area contributed by atoms with Gasteiger partial charge in [-0.1, -0.05) is 79.8 Å². The number of hydrogen-bond donors (Lipinski definition) is 1. The van der Waals surface area contributed by atoms with Crippen molar-refractivity contribution in [1.29, 1.82) is 0 Å². The van der Waals surface area contributed by atoms with Crippen molar-refractivity contribution in [3.8, 4) is 0 Å². The fourth-order valence-electron chi connectivity index (χ4n) is 3.28. The maximum atomic E-state index is 13.3. The number of nitrogens with one attached hydrogen (secondary N) is 1. The molecule has 0 aliphatic carbocycles. The molecule has 2 rings (SSSR count). The zero-order valence-corrected chi connectivity index (χ0v) is 20.4. The molecule has 0 unspecified atom stereocenters. The summed E-state index contributed by atoms with van der Waals surface area (Å²) < 4.78 is 0. The van der Waals surface area contributed by atoms with Crippen molar-refractivity contribution in [3.05, 3.63) is 68.7 Å². The van der Waals surface area contributed by atoms with E-state index in [0.29, 0.717) is 45.9 Å². The molecule has 7 heteroatoms. The number of amides is 2. The summed E-state index contributed by atoms with van der Waals surface area (Å²) >= 11 is 19.0. The molecule has 0 heterocycles. The van der Waals surface area contributed by atoms with E-state index >= 15 is 0 Å². The SMILES string of the molecule is CC[C@@H](C(=O)NCC(C)C)N(Cc1c(Cl)cccc1Cl)C(=O)CCc1ccccc1Cl. The number of halogens is 3. The number of carbonyl (C=O) groups excluding carboxylic acids is 2. The standard InChI is InChI=1S/C24H29Cl3N2O2/c1-4-22(24(31)28-14-16(2)3)29(15-18-20(26)10-7-11-21(18)27)23(30)13-12-17-8-5-6-9-19(17)25/h5-11,16,22H,4,12-15H2,1-3H3,(H,28,31)/t22-/m0/s1. The summed E-state index contributed by atoms with van der Waals surface area (Å²) in [7, 11) is 0. The van der Waals surface area contributed by atoms with Crippen molar-refractivity contribution in [2.45, 2.75) is 52.6 Å². The summed E-state index contributed by atoms with van der Waals surface area (Å²) in [6.45, 7) is 6.65. The molecule has 2 aromatic rings. The molecule has 4 nitrogen and oxygen atoms in total. The van der Waals surface area contributed by atoms with Crippen LogP contribution in [0.3, 0.4) is 0 Å². The Labute approximate surface area is 199 Å². The van der Waals surface area contributed by atoms with Crippen LogP contribution in [-0.4, -0.2) is 29.3 Å². The lowest BCUT2D eigenvalue weighted by atomic mass is 10.1. The number of rotatable bonds is 10. The Morgan fingerprint density at radius 1 is 0.968 bits per heavy atom. The van der Waals surface area contributed by atoms with Gasteiger partial charge in [-0.25, -0.2) is 0 Å². The van der Waals surface area contributed by atoms with Gasteiger partial charge in [-0.05, 0) is 42.5 Å². The average molecular weight is 484 g/mol. The molecule has 1 atom stereocenters. The number of aryl methyl sites for hydroxylation is 1. The number of nitrogens with zero attached hydrogens (tertiary/aromatic N) is 1. The van der Waals surface area contributed by atoms with Crippen molar-refractivity contribution in [1.82, 2.24) is 10.2 Å². The Hall–Kier alpha value is -1.75. The average Bonchev–Trinajstić information content (AvgIpc) is 2.73. The maximum absolute atomic E-state index is 13.3. The van der Waals surface area contributed by atoms with E-state index < -0.39 is 6.04 Å². The van der Waals surface area contributed by atoms with Crippen molar-refractivity contribution in [2.75, 3.05) is 6.54 Å². The van der Waals surface area contributed by atoms with E-state index in [2.05, 4.69) is 5.32 Å². The molecular formula is C24H29Cl3N2O2. The van der Waals surface area contributed by atoms with E-state index in [1.54, 1.807) is 29.2 Å². The monoisotopic (exact) mass is 482 g/mol. The van der Waals surface area contributed by atoms with Gasteiger partial charge < -0.3 is 10.2 Å². The van der Waals surface area contributed by atoms with E-state index in [9.17, 15) is 9.59 Å². The van der Waals surface area contributed by atoms with Gasteiger partial charge in [0.25, 0.3) is 0 Å². The van der Waals surface area contributed by atoms with Crippen LogP contribution < -0.4 is 5.32 Å². The van der Waals surface area contributed by atoms with Crippen molar-refractivity contribution >= 4 is 46.6 Å². The number of hydrogen-bond acceptors (Lipinski definition) is 2. The predicted octanol–water partition coefficient (Wildman–Crippen LogP) is 6.16. The maximum Gasteiger partial charge on any atom is 0.242 e. The van der Waals surface area contributed by atoms with Gasteiger partial charge in [0.2, 0.25) is 11.8 Å². The van der Waals surface area contributed by atoms with Crippen LogP contribution in [0, 0.1) is 5.92 Å². The summed E-state index contributed by atoms with van der Waals surface area (Å²) in [5, 5.41) is 4.50. The van der Waals surface area contributed by atoms with Crippen LogP contribution >= 0.6 is 34.8 Å². The molecule has 0 saturated heterocycles. The quantitative estimate of drug-likeness (QED) is 0.440. The largest absolute Gasteiger partial charge is 0.354 e. The first kappa shape index (κ1) is 25.5. The van der Waals surface area contributed by atoms with Crippen LogP contribution in [0.4, 0.5) is 0 Å². The lowest BCUT2D eigenvalue weighted by Gasteiger charge is -2.31. The zero-order chi connectivity index (χ0) is 23.0. The molecule has 0 radical (unpaired) electrons. The van der Waals surface area contributed by atoms with Gasteiger partial charge in [0.1, 0.15) is 6.04 Å². The smallest absolute Gasteiger partial charge is 0.242 e. The Balaban J connectivity index is 2.28. The lowest BCUT2D eigenvalue weighted by molar-refractivity contribution is -0.141. The summed E-state index contributed by atoms with van der Waals surface area (Å²) in [5.74, 6) is -0.0169. The van der Waals surface area contributed by atoms with E-state index in [1.165, 1.54) is 0 Å². The van der Waals surface area contributed by atoms with Crippen LogP contribution in [0.1, 0.15) is 44.7 Å². The zero-order valence-electron chi connectivity index (χ0n) is 18.1. The second-order valence-electron chi connectivity index (χ2n) is 7.88. The highest BCUT2D eigenvalue weighted by atomic mass is 35.5. The summed E-state index contributed by atoms with van der Waals surface area (Å²) in [5.41, 5.74) is 1.53. The molecule has 0 fully saturated rings. The molecule has 2 amide bonds. The molecule has 2 aromatic carbocycles. The molecule has 0 bridgehead atoms. The van der Waals surface area contributed by atoms with E-state index in [4.69, 9.17) is 34.8 Å². The second-order valence-corrected chi connectivity index (χ2v) is 9.10. The van der Waals surface area contributed by atoms with Crippen LogP contribution in [0.25, 0.3) is 0 Å². The fraction of sp³-hybridized carbons (Fsp3) is 0.417. The van der Waals surface area contributed by atoms with Crippen LogP contribution in [0.2, 0.25) is 15.1 Å². The van der Waals surface area contributed by atoms with Crippen molar-refractivity contribution < 1.29 is 9.59 Å². The Bertz CT molecular complexity index is 882. The molecule has 0 saturated carbocycles. The first-order chi connectivity index (χ1) is 14.7. The first-order valence-electron chi connectivity index (χ1n) is 10.5. The van der Waals surface area contributed by atoms with Crippen LogP contribution in [0.15, 0.2) is 42.5 Å². The third kappa shape index (κ3) is 7.41. The van der Waals surface area contributed by atoms with Crippen LogP contribution in [-0.2, 0) is 22.6 Å². The van der Waals surface area contributed by atoms with Gasteiger partial charge in [-0.3, -0.25) is 9.59 Å². The minimum absolute atomic E-state index is 0.151. The van der Waals surface area contributed by atoms with Gasteiger partial charge in [0.15, 0.2) is 0 Å². The third-order valence-electron chi connectivity index (χ3n) is 5.03. The molecule has 0 aromatic heterocycles. The lowest BCUT2D eigenvalue weighted by Crippen LogP contribution is -2.49. The number of benzene rings is 2. The first-order valence-corrected chi connectivity index (χ1v) is 11.6. The molecule has 0 spiro atoms. The molecule has 0 aliphatic heterocycles. The highest BCUT2D eigenvalue weighted by Crippen LogP contribution is 2.27. The van der Waals surface area contributed by atoms with E-state index in [-0.39, 0.29) is 24.8 Å². The Kier molecular flexibility index (Phi) is 10.1. The molecule has 1 N–H and O–H groups in total. The van der Waals surface area contributed by atoms with Crippen LogP contribution in [0.5, 0.6) is 0 Å². The van der Waals surface area contributed by atoms with Gasteiger partial charge in [-0.15, -0.1) is 0 Å².